The summed E-state index contributed by atoms with van der Waals surface area (Å²) in [4.78, 5) is 24.8. The molecule has 1 aliphatic rings. The number of rotatable bonds is 4. The van der Waals surface area contributed by atoms with Crippen molar-refractivity contribution in [3.05, 3.63) is 41.7 Å². The van der Waals surface area contributed by atoms with Crippen molar-refractivity contribution in [3.63, 3.8) is 0 Å². The lowest BCUT2D eigenvalue weighted by Crippen LogP contribution is -2.48. The fourth-order valence-electron chi connectivity index (χ4n) is 2.48. The Labute approximate surface area is 128 Å². The van der Waals surface area contributed by atoms with Crippen molar-refractivity contribution in [2.45, 2.75) is 12.8 Å². The molecule has 2 aromatic heterocycles. The first-order chi connectivity index (χ1) is 10.3. The summed E-state index contributed by atoms with van der Waals surface area (Å²) in [6, 6.07) is 3.93. The van der Waals surface area contributed by atoms with Crippen LogP contribution in [0.5, 0.6) is 0 Å². The molecule has 0 radical (unpaired) electrons. The molecule has 2 aromatic rings. The van der Waals surface area contributed by atoms with E-state index in [9.17, 15) is 4.79 Å². The molecule has 0 saturated carbocycles. The van der Waals surface area contributed by atoms with Crippen molar-refractivity contribution in [1.29, 1.82) is 0 Å². The topological polar surface area (TPSA) is 49.3 Å². The molecule has 0 spiro atoms. The molecule has 0 atom stereocenters. The molecule has 3 rings (SSSR count). The predicted molar refractivity (Wildman–Crippen MR) is 83.5 cm³/mol. The van der Waals surface area contributed by atoms with Crippen molar-refractivity contribution in [2.24, 2.45) is 0 Å². The smallest absolute Gasteiger partial charge is 0.223 e. The normalized spacial score (nSPS) is 15.2. The number of anilines is 1. The summed E-state index contributed by atoms with van der Waals surface area (Å²) in [5.41, 5.74) is 1.17. The van der Waals surface area contributed by atoms with E-state index in [4.69, 9.17) is 0 Å². The van der Waals surface area contributed by atoms with E-state index in [0.717, 1.165) is 37.7 Å². The lowest BCUT2D eigenvalue weighted by molar-refractivity contribution is -0.131. The summed E-state index contributed by atoms with van der Waals surface area (Å²) in [5, 5.41) is 3.04. The predicted octanol–water partition coefficient (Wildman–Crippen LogP) is 1.82. The minimum absolute atomic E-state index is 0.241. The molecule has 6 heteroatoms. The highest BCUT2D eigenvalue weighted by molar-refractivity contribution is 7.13. The van der Waals surface area contributed by atoms with Crippen LogP contribution in [-0.2, 0) is 11.2 Å². The van der Waals surface area contributed by atoms with Crippen LogP contribution in [0.3, 0.4) is 0 Å². The van der Waals surface area contributed by atoms with Crippen LogP contribution in [0.15, 0.2) is 36.1 Å². The van der Waals surface area contributed by atoms with Gasteiger partial charge in [0.1, 0.15) is 0 Å². The first kappa shape index (κ1) is 14.0. The molecule has 1 saturated heterocycles. The van der Waals surface area contributed by atoms with E-state index in [0.29, 0.717) is 6.42 Å². The number of carbonyl (C=O) groups is 1. The second kappa shape index (κ2) is 6.67. The molecule has 0 bridgehead atoms. The molecule has 5 nitrogen and oxygen atoms in total. The van der Waals surface area contributed by atoms with E-state index >= 15 is 0 Å². The van der Waals surface area contributed by atoms with Gasteiger partial charge in [0.2, 0.25) is 5.91 Å². The Bertz CT molecular complexity index is 565. The number of aromatic nitrogens is 2. The van der Waals surface area contributed by atoms with Crippen molar-refractivity contribution < 1.29 is 4.79 Å². The summed E-state index contributed by atoms with van der Waals surface area (Å²) in [6.45, 7) is 3.31. The molecule has 110 valence electrons. The zero-order valence-electron chi connectivity index (χ0n) is 11.8. The second-order valence-electron chi connectivity index (χ2n) is 5.04. The number of nitrogens with zero attached hydrogens (tertiary/aromatic N) is 4. The number of amides is 1. The molecule has 0 aliphatic carbocycles. The standard InChI is InChI=1S/C15H18N4OS/c20-14(2-1-13-3-5-16-6-4-13)18-8-10-19(11-9-18)15-17-7-12-21-15/h3-7,12H,1-2,8-11H2. The van der Waals surface area contributed by atoms with Crippen molar-refractivity contribution in [2.75, 3.05) is 31.1 Å². The Kier molecular flexibility index (Phi) is 4.45. The third-order valence-electron chi connectivity index (χ3n) is 3.70. The molecular weight excluding hydrogens is 284 g/mol. The molecule has 0 N–H and O–H groups in total. The molecule has 1 fully saturated rings. The number of carbonyl (C=O) groups excluding carboxylic acids is 1. The number of hydrogen-bond donors (Lipinski definition) is 0. The Morgan fingerprint density at radius 2 is 1.90 bits per heavy atom. The van der Waals surface area contributed by atoms with Gasteiger partial charge in [0.25, 0.3) is 0 Å². The van der Waals surface area contributed by atoms with Crippen LogP contribution >= 0.6 is 11.3 Å². The van der Waals surface area contributed by atoms with E-state index in [-0.39, 0.29) is 5.91 Å². The maximum atomic E-state index is 12.2. The monoisotopic (exact) mass is 302 g/mol. The highest BCUT2D eigenvalue weighted by Crippen LogP contribution is 2.19. The minimum Gasteiger partial charge on any atom is -0.345 e. The number of pyridine rings is 1. The molecule has 1 aliphatic heterocycles. The van der Waals surface area contributed by atoms with Gasteiger partial charge in [-0.25, -0.2) is 4.98 Å². The number of hydrogen-bond acceptors (Lipinski definition) is 5. The van der Waals surface area contributed by atoms with Gasteiger partial charge < -0.3 is 9.80 Å². The van der Waals surface area contributed by atoms with Gasteiger partial charge in [0.05, 0.1) is 0 Å². The zero-order chi connectivity index (χ0) is 14.5. The van der Waals surface area contributed by atoms with Crippen LogP contribution in [0.4, 0.5) is 5.13 Å². The Morgan fingerprint density at radius 1 is 1.14 bits per heavy atom. The summed E-state index contributed by atoms with van der Waals surface area (Å²) < 4.78 is 0. The first-order valence-corrected chi connectivity index (χ1v) is 8.02. The number of thiazole rings is 1. The second-order valence-corrected chi connectivity index (χ2v) is 5.91. The number of aryl methyl sites for hydroxylation is 1. The van der Waals surface area contributed by atoms with E-state index < -0.39 is 0 Å². The van der Waals surface area contributed by atoms with Gasteiger partial charge in [0.15, 0.2) is 5.13 Å². The van der Waals surface area contributed by atoms with Crippen molar-refractivity contribution in [1.82, 2.24) is 14.9 Å². The lowest BCUT2D eigenvalue weighted by atomic mass is 10.1. The van der Waals surface area contributed by atoms with Crippen LogP contribution in [0.1, 0.15) is 12.0 Å². The van der Waals surface area contributed by atoms with Crippen LogP contribution < -0.4 is 4.90 Å². The minimum atomic E-state index is 0.241. The average molecular weight is 302 g/mol. The maximum Gasteiger partial charge on any atom is 0.223 e. The molecule has 0 unspecified atom stereocenters. The van der Waals surface area contributed by atoms with E-state index in [1.807, 2.05) is 28.6 Å². The van der Waals surface area contributed by atoms with Gasteiger partial charge in [-0.05, 0) is 24.1 Å². The molecule has 21 heavy (non-hydrogen) atoms. The van der Waals surface area contributed by atoms with Crippen molar-refractivity contribution in [3.8, 4) is 0 Å². The Morgan fingerprint density at radius 3 is 2.57 bits per heavy atom. The van der Waals surface area contributed by atoms with Crippen molar-refractivity contribution >= 4 is 22.4 Å². The van der Waals surface area contributed by atoms with E-state index in [1.165, 1.54) is 5.56 Å². The molecule has 3 heterocycles. The molecule has 0 aromatic carbocycles. The highest BCUT2D eigenvalue weighted by atomic mass is 32.1. The fraction of sp³-hybridized carbons (Fsp3) is 0.400. The van der Waals surface area contributed by atoms with E-state index in [1.54, 1.807) is 23.7 Å². The van der Waals surface area contributed by atoms with Gasteiger partial charge in [0, 0.05) is 56.6 Å². The average Bonchev–Trinajstić information content (AvgIpc) is 3.08. The van der Waals surface area contributed by atoms with Crippen LogP contribution in [0, 0.1) is 0 Å². The summed E-state index contributed by atoms with van der Waals surface area (Å²) in [5.74, 6) is 0.241. The maximum absolute atomic E-state index is 12.2. The first-order valence-electron chi connectivity index (χ1n) is 7.14. The van der Waals surface area contributed by atoms with Crippen LogP contribution in [0.25, 0.3) is 0 Å². The Hall–Kier alpha value is -1.95. The van der Waals surface area contributed by atoms with Gasteiger partial charge in [-0.2, -0.15) is 0 Å². The summed E-state index contributed by atoms with van der Waals surface area (Å²) in [6.07, 6.45) is 6.72. The summed E-state index contributed by atoms with van der Waals surface area (Å²) in [7, 11) is 0. The van der Waals surface area contributed by atoms with Gasteiger partial charge >= 0.3 is 0 Å². The number of piperazine rings is 1. The third-order valence-corrected chi connectivity index (χ3v) is 4.53. The van der Waals surface area contributed by atoms with Gasteiger partial charge in [-0.15, -0.1) is 11.3 Å². The highest BCUT2D eigenvalue weighted by Gasteiger charge is 2.21. The molecular formula is C15H18N4OS. The van der Waals surface area contributed by atoms with Crippen LogP contribution in [0.2, 0.25) is 0 Å². The summed E-state index contributed by atoms with van der Waals surface area (Å²) >= 11 is 1.65. The Balaban J connectivity index is 1.47. The zero-order valence-corrected chi connectivity index (χ0v) is 12.6. The van der Waals surface area contributed by atoms with E-state index in [2.05, 4.69) is 14.9 Å². The van der Waals surface area contributed by atoms with Gasteiger partial charge in [-0.1, -0.05) is 0 Å². The fourth-order valence-corrected chi connectivity index (χ4v) is 3.17. The molecule has 1 amide bonds. The largest absolute Gasteiger partial charge is 0.345 e. The van der Waals surface area contributed by atoms with Crippen LogP contribution in [-0.4, -0.2) is 47.0 Å². The lowest BCUT2D eigenvalue weighted by Gasteiger charge is -2.34. The van der Waals surface area contributed by atoms with Gasteiger partial charge in [-0.3, -0.25) is 9.78 Å². The SMILES string of the molecule is O=C(CCc1ccncc1)N1CCN(c2nccs2)CC1. The quantitative estimate of drug-likeness (QED) is 0.864. The third kappa shape index (κ3) is 3.58.